The number of aromatic nitrogens is 4. The second kappa shape index (κ2) is 6.25. The number of benzene rings is 1. The zero-order chi connectivity index (χ0) is 16.4. The molecule has 8 heteroatoms. The Morgan fingerprint density at radius 3 is 3.00 bits per heavy atom. The fraction of sp³-hybridized carbons (Fsp3) is 0.267. The van der Waals surface area contributed by atoms with Gasteiger partial charge in [0.2, 0.25) is 5.91 Å². The van der Waals surface area contributed by atoms with Crippen LogP contribution >= 0.6 is 12.2 Å². The van der Waals surface area contributed by atoms with Gasteiger partial charge in [-0.3, -0.25) is 9.89 Å². The van der Waals surface area contributed by atoms with Gasteiger partial charge in [-0.25, -0.2) is 0 Å². The molecular formula is C15H17N5O2S. The van der Waals surface area contributed by atoms with Gasteiger partial charge in [-0.05, 0) is 36.0 Å². The van der Waals surface area contributed by atoms with E-state index in [2.05, 4.69) is 20.5 Å². The van der Waals surface area contributed by atoms with Crippen LogP contribution in [-0.4, -0.2) is 32.8 Å². The number of ether oxygens (including phenoxy) is 1. The average Bonchev–Trinajstić information content (AvgIpc) is 3.10. The summed E-state index contributed by atoms with van der Waals surface area (Å²) < 4.78 is 7.49. The van der Waals surface area contributed by atoms with Crippen LogP contribution in [0.4, 0.5) is 0 Å². The van der Waals surface area contributed by atoms with Crippen LogP contribution in [0, 0.1) is 4.77 Å². The minimum absolute atomic E-state index is 0.0809. The Bertz CT molecular complexity index is 908. The van der Waals surface area contributed by atoms with Crippen LogP contribution in [0.15, 0.2) is 24.4 Å². The molecule has 0 atom stereocenters. The summed E-state index contributed by atoms with van der Waals surface area (Å²) in [4.78, 5) is 15.3. The second-order valence-electron chi connectivity index (χ2n) is 5.18. The molecule has 3 aromatic rings. The molecule has 3 N–H and O–H groups in total. The number of hydrogen-bond donors (Lipinski definition) is 3. The van der Waals surface area contributed by atoms with E-state index < -0.39 is 0 Å². The number of fused-ring (bicyclic) bond motifs is 1. The lowest BCUT2D eigenvalue weighted by Crippen LogP contribution is -2.25. The van der Waals surface area contributed by atoms with E-state index in [1.807, 2.05) is 24.4 Å². The summed E-state index contributed by atoms with van der Waals surface area (Å²) in [5.74, 6) is 1.37. The highest BCUT2D eigenvalue weighted by molar-refractivity contribution is 7.71. The number of H-pyrrole nitrogens is 2. The zero-order valence-electron chi connectivity index (χ0n) is 12.8. The van der Waals surface area contributed by atoms with Gasteiger partial charge < -0.3 is 19.6 Å². The normalized spacial score (nSPS) is 10.9. The van der Waals surface area contributed by atoms with E-state index in [9.17, 15) is 4.79 Å². The molecule has 0 aliphatic heterocycles. The van der Waals surface area contributed by atoms with Gasteiger partial charge in [-0.1, -0.05) is 0 Å². The molecule has 1 amide bonds. The third-order valence-corrected chi connectivity index (χ3v) is 4.11. The Kier molecular flexibility index (Phi) is 4.16. The van der Waals surface area contributed by atoms with Crippen molar-refractivity contribution in [2.45, 2.75) is 13.0 Å². The Labute approximate surface area is 137 Å². The predicted molar refractivity (Wildman–Crippen MR) is 88.8 cm³/mol. The highest BCUT2D eigenvalue weighted by Gasteiger charge is 2.11. The first-order valence-electron chi connectivity index (χ1n) is 7.09. The van der Waals surface area contributed by atoms with Crippen LogP contribution < -0.4 is 10.1 Å². The number of carbonyl (C=O) groups excluding carboxylic acids is 1. The van der Waals surface area contributed by atoms with E-state index in [-0.39, 0.29) is 12.3 Å². The topological polar surface area (TPSA) is 87.7 Å². The highest BCUT2D eigenvalue weighted by atomic mass is 32.1. The van der Waals surface area contributed by atoms with Crippen molar-refractivity contribution in [3.63, 3.8) is 0 Å². The van der Waals surface area contributed by atoms with Crippen LogP contribution in [0.5, 0.6) is 5.75 Å². The van der Waals surface area contributed by atoms with E-state index >= 15 is 0 Å². The lowest BCUT2D eigenvalue weighted by atomic mass is 10.1. The summed E-state index contributed by atoms with van der Waals surface area (Å²) in [5, 5.41) is 10.6. The van der Waals surface area contributed by atoms with Crippen molar-refractivity contribution in [2.24, 2.45) is 7.05 Å². The maximum absolute atomic E-state index is 12.2. The van der Waals surface area contributed by atoms with Gasteiger partial charge in [0, 0.05) is 24.1 Å². The number of methoxy groups -OCH3 is 1. The monoisotopic (exact) mass is 331 g/mol. The lowest BCUT2D eigenvalue weighted by molar-refractivity contribution is -0.120. The number of amides is 1. The van der Waals surface area contributed by atoms with Gasteiger partial charge >= 0.3 is 0 Å². The average molecular weight is 331 g/mol. The Morgan fingerprint density at radius 2 is 2.30 bits per heavy atom. The van der Waals surface area contributed by atoms with Crippen molar-refractivity contribution in [2.75, 3.05) is 7.11 Å². The number of hydrogen-bond acceptors (Lipinski definition) is 4. The van der Waals surface area contributed by atoms with Crippen molar-refractivity contribution in [3.8, 4) is 5.75 Å². The van der Waals surface area contributed by atoms with Crippen molar-refractivity contribution in [1.29, 1.82) is 0 Å². The van der Waals surface area contributed by atoms with Gasteiger partial charge in [0.15, 0.2) is 10.6 Å². The molecule has 0 aliphatic carbocycles. The van der Waals surface area contributed by atoms with Gasteiger partial charge in [0.05, 0.1) is 20.1 Å². The minimum atomic E-state index is -0.0809. The molecule has 2 aromatic heterocycles. The molecule has 0 radical (unpaired) electrons. The summed E-state index contributed by atoms with van der Waals surface area (Å²) in [7, 11) is 3.43. The molecule has 0 saturated carbocycles. The van der Waals surface area contributed by atoms with Crippen molar-refractivity contribution < 1.29 is 9.53 Å². The summed E-state index contributed by atoms with van der Waals surface area (Å²) in [6, 6.07) is 5.74. The first-order chi connectivity index (χ1) is 11.1. The standard InChI is InChI=1S/C15H17N5O2S/c1-20-13(18-19-15(20)23)8-17-14(21)5-9-7-16-12-4-3-10(22-2)6-11(9)12/h3-4,6-7,16H,5,8H2,1-2H3,(H,17,21)(H,19,23). The Hall–Kier alpha value is -2.61. The van der Waals surface area contributed by atoms with Crippen LogP contribution in [0.3, 0.4) is 0 Å². The van der Waals surface area contributed by atoms with Gasteiger partial charge in [-0.15, -0.1) is 0 Å². The Balaban J connectivity index is 1.70. The SMILES string of the molecule is COc1ccc2[nH]cc(CC(=O)NCc3n[nH]c(=S)n3C)c2c1. The number of nitrogens with one attached hydrogen (secondary N) is 3. The van der Waals surface area contributed by atoms with Gasteiger partial charge in [0.25, 0.3) is 0 Å². The summed E-state index contributed by atoms with van der Waals surface area (Å²) in [6.45, 7) is 0.328. The zero-order valence-corrected chi connectivity index (χ0v) is 13.7. The molecule has 1 aromatic carbocycles. The Morgan fingerprint density at radius 1 is 1.48 bits per heavy atom. The van der Waals surface area contributed by atoms with Crippen LogP contribution in [0.2, 0.25) is 0 Å². The molecule has 2 heterocycles. The minimum Gasteiger partial charge on any atom is -0.497 e. The summed E-state index contributed by atoms with van der Waals surface area (Å²) >= 11 is 5.04. The number of aromatic amines is 2. The fourth-order valence-corrected chi connectivity index (χ4v) is 2.53. The highest BCUT2D eigenvalue weighted by Crippen LogP contribution is 2.23. The first kappa shape index (κ1) is 15.3. The van der Waals surface area contributed by atoms with E-state index in [1.165, 1.54) is 0 Å². The van der Waals surface area contributed by atoms with E-state index in [1.54, 1.807) is 18.7 Å². The molecule has 23 heavy (non-hydrogen) atoms. The van der Waals surface area contributed by atoms with Gasteiger partial charge in [-0.2, -0.15) is 5.10 Å². The molecule has 0 fully saturated rings. The fourth-order valence-electron chi connectivity index (χ4n) is 2.38. The number of nitrogens with zero attached hydrogens (tertiary/aromatic N) is 2. The lowest BCUT2D eigenvalue weighted by Gasteiger charge is -2.05. The van der Waals surface area contributed by atoms with Crippen LogP contribution in [-0.2, 0) is 24.8 Å². The smallest absolute Gasteiger partial charge is 0.224 e. The molecule has 0 spiro atoms. The quantitative estimate of drug-likeness (QED) is 0.622. The number of carbonyl (C=O) groups is 1. The van der Waals surface area contributed by atoms with Crippen molar-refractivity contribution >= 4 is 29.0 Å². The molecular weight excluding hydrogens is 314 g/mol. The molecule has 0 saturated heterocycles. The molecule has 0 bridgehead atoms. The summed E-state index contributed by atoms with van der Waals surface area (Å²) in [5.41, 5.74) is 1.90. The van der Waals surface area contributed by atoms with E-state index in [0.29, 0.717) is 17.1 Å². The second-order valence-corrected chi connectivity index (χ2v) is 5.57. The predicted octanol–water partition coefficient (Wildman–Crippen LogP) is 1.83. The van der Waals surface area contributed by atoms with Gasteiger partial charge in [0.1, 0.15) is 5.75 Å². The first-order valence-corrected chi connectivity index (χ1v) is 7.50. The summed E-state index contributed by atoms with van der Waals surface area (Å²) in [6.07, 6.45) is 2.13. The van der Waals surface area contributed by atoms with Crippen molar-refractivity contribution in [1.82, 2.24) is 25.1 Å². The molecule has 0 aliphatic rings. The van der Waals surface area contributed by atoms with Crippen LogP contribution in [0.25, 0.3) is 10.9 Å². The van der Waals surface area contributed by atoms with E-state index in [4.69, 9.17) is 17.0 Å². The largest absolute Gasteiger partial charge is 0.497 e. The third-order valence-electron chi connectivity index (χ3n) is 3.74. The molecule has 3 rings (SSSR count). The van der Waals surface area contributed by atoms with E-state index in [0.717, 1.165) is 22.2 Å². The third kappa shape index (κ3) is 3.11. The molecule has 0 unspecified atom stereocenters. The molecule has 7 nitrogen and oxygen atoms in total. The molecule has 120 valence electrons. The van der Waals surface area contributed by atoms with Crippen LogP contribution in [0.1, 0.15) is 11.4 Å². The number of rotatable bonds is 5. The maximum atomic E-state index is 12.2. The van der Waals surface area contributed by atoms with Crippen molar-refractivity contribution in [3.05, 3.63) is 40.6 Å². The maximum Gasteiger partial charge on any atom is 0.224 e.